The van der Waals surface area contributed by atoms with Crippen molar-refractivity contribution in [3.05, 3.63) is 42.0 Å². The minimum absolute atomic E-state index is 0.0466. The summed E-state index contributed by atoms with van der Waals surface area (Å²) in [5, 5.41) is 10.3. The molecule has 1 saturated heterocycles. The Hall–Kier alpha value is -2.28. The zero-order valence-corrected chi connectivity index (χ0v) is 14.1. The molecule has 7 nitrogen and oxygen atoms in total. The van der Waals surface area contributed by atoms with E-state index in [1.807, 2.05) is 23.1 Å². The van der Waals surface area contributed by atoms with Gasteiger partial charge in [0.2, 0.25) is 0 Å². The lowest BCUT2D eigenvalue weighted by molar-refractivity contribution is 0.0573. The van der Waals surface area contributed by atoms with Gasteiger partial charge >= 0.3 is 0 Å². The third-order valence-electron chi connectivity index (χ3n) is 4.68. The molecule has 2 aromatic rings. The van der Waals surface area contributed by atoms with Crippen molar-refractivity contribution in [3.8, 4) is 0 Å². The van der Waals surface area contributed by atoms with Crippen LogP contribution in [0.15, 0.2) is 30.6 Å². The minimum atomic E-state index is -0.0466. The third-order valence-corrected chi connectivity index (χ3v) is 4.68. The van der Waals surface area contributed by atoms with Crippen molar-refractivity contribution in [3.63, 3.8) is 0 Å². The van der Waals surface area contributed by atoms with Gasteiger partial charge in [0.1, 0.15) is 0 Å². The number of aromatic nitrogens is 4. The van der Waals surface area contributed by atoms with E-state index in [0.717, 1.165) is 44.6 Å². The summed E-state index contributed by atoms with van der Waals surface area (Å²) in [6, 6.07) is 6.13. The molecule has 0 atom stereocenters. The Morgan fingerprint density at radius 3 is 2.83 bits per heavy atom. The van der Waals surface area contributed by atoms with Crippen LogP contribution >= 0.6 is 0 Å². The van der Waals surface area contributed by atoms with E-state index in [1.54, 1.807) is 6.20 Å². The molecule has 0 saturated carbocycles. The van der Waals surface area contributed by atoms with Gasteiger partial charge in [-0.15, -0.1) is 0 Å². The number of carbonyl (C=O) groups is 1. The highest BCUT2D eigenvalue weighted by atomic mass is 16.2. The summed E-state index contributed by atoms with van der Waals surface area (Å²) in [6.07, 6.45) is 6.04. The summed E-state index contributed by atoms with van der Waals surface area (Å²) < 4.78 is 0. The van der Waals surface area contributed by atoms with Crippen LogP contribution < -0.4 is 0 Å². The van der Waals surface area contributed by atoms with E-state index in [1.165, 1.54) is 6.20 Å². The monoisotopic (exact) mass is 328 g/mol. The number of nitrogens with zero attached hydrogens (tertiary/aromatic N) is 5. The van der Waals surface area contributed by atoms with Gasteiger partial charge in [-0.1, -0.05) is 13.0 Å². The van der Waals surface area contributed by atoms with Gasteiger partial charge in [-0.25, -0.2) is 0 Å². The fourth-order valence-electron chi connectivity index (χ4n) is 3.23. The van der Waals surface area contributed by atoms with Crippen molar-refractivity contribution in [1.29, 1.82) is 0 Å². The first-order valence-corrected chi connectivity index (χ1v) is 8.57. The van der Waals surface area contributed by atoms with E-state index < -0.39 is 0 Å². The highest BCUT2D eigenvalue weighted by Gasteiger charge is 2.29. The second-order valence-corrected chi connectivity index (χ2v) is 6.09. The van der Waals surface area contributed by atoms with Gasteiger partial charge in [-0.05, 0) is 31.5 Å². The average Bonchev–Trinajstić information content (AvgIpc) is 3.18. The van der Waals surface area contributed by atoms with Crippen molar-refractivity contribution in [2.45, 2.75) is 32.2 Å². The van der Waals surface area contributed by atoms with Crippen LogP contribution in [0.5, 0.6) is 0 Å². The van der Waals surface area contributed by atoms with Crippen LogP contribution in [0.2, 0.25) is 0 Å². The van der Waals surface area contributed by atoms with Gasteiger partial charge in [0, 0.05) is 44.0 Å². The van der Waals surface area contributed by atoms with Crippen LogP contribution in [0.3, 0.4) is 0 Å². The Kier molecular flexibility index (Phi) is 5.53. The first-order chi connectivity index (χ1) is 11.8. The molecule has 0 unspecified atom stereocenters. The average molecular weight is 328 g/mol. The van der Waals surface area contributed by atoms with Crippen molar-refractivity contribution in [2.75, 3.05) is 26.2 Å². The lowest BCUT2D eigenvalue weighted by Crippen LogP contribution is -2.48. The van der Waals surface area contributed by atoms with E-state index in [9.17, 15) is 4.79 Å². The van der Waals surface area contributed by atoms with E-state index in [4.69, 9.17) is 0 Å². The zero-order valence-electron chi connectivity index (χ0n) is 14.1. The molecular weight excluding hydrogens is 304 g/mol. The standard InChI is InChI=1S/C17H24N6O/c1-2-22-10-7-15(8-11-22)23(17(24)16-13-19-21-20-16)12-6-14-5-3-4-9-18-14/h3-5,9,13,15H,2,6-8,10-12H2,1H3,(H,19,20,21). The Morgan fingerprint density at radius 1 is 1.38 bits per heavy atom. The van der Waals surface area contributed by atoms with Crippen LogP contribution in [0.4, 0.5) is 0 Å². The summed E-state index contributed by atoms with van der Waals surface area (Å²) >= 11 is 0. The Bertz CT molecular complexity index is 622. The Labute approximate surface area is 142 Å². The molecule has 1 amide bonds. The number of likely N-dealkylation sites (tertiary alicyclic amines) is 1. The summed E-state index contributed by atoms with van der Waals surface area (Å²) in [6.45, 7) is 5.97. The molecule has 1 aliphatic rings. The maximum absolute atomic E-state index is 12.8. The molecule has 0 radical (unpaired) electrons. The van der Waals surface area contributed by atoms with Crippen LogP contribution in [0, 0.1) is 0 Å². The molecule has 0 aliphatic carbocycles. The van der Waals surface area contributed by atoms with Gasteiger partial charge in [0.15, 0.2) is 5.69 Å². The number of hydrogen-bond donors (Lipinski definition) is 1. The summed E-state index contributed by atoms with van der Waals surface area (Å²) in [5.41, 5.74) is 1.38. The normalized spacial score (nSPS) is 16.2. The van der Waals surface area contributed by atoms with Gasteiger partial charge in [0.05, 0.1) is 6.20 Å². The van der Waals surface area contributed by atoms with Gasteiger partial charge in [-0.2, -0.15) is 15.4 Å². The van der Waals surface area contributed by atoms with Crippen molar-refractivity contribution < 1.29 is 4.79 Å². The van der Waals surface area contributed by atoms with E-state index >= 15 is 0 Å². The molecule has 0 aromatic carbocycles. The predicted octanol–water partition coefficient (Wildman–Crippen LogP) is 1.37. The SMILES string of the molecule is CCN1CCC(N(CCc2ccccn2)C(=O)c2cn[nH]n2)CC1. The van der Waals surface area contributed by atoms with Crippen molar-refractivity contribution in [2.24, 2.45) is 0 Å². The fraction of sp³-hybridized carbons (Fsp3) is 0.529. The largest absolute Gasteiger partial charge is 0.334 e. The summed E-state index contributed by atoms with van der Waals surface area (Å²) in [4.78, 5) is 21.6. The number of aromatic amines is 1. The second-order valence-electron chi connectivity index (χ2n) is 6.09. The molecule has 3 rings (SSSR count). The predicted molar refractivity (Wildman–Crippen MR) is 90.5 cm³/mol. The molecule has 128 valence electrons. The summed E-state index contributed by atoms with van der Waals surface area (Å²) in [7, 11) is 0. The minimum Gasteiger partial charge on any atom is -0.334 e. The maximum atomic E-state index is 12.8. The summed E-state index contributed by atoms with van der Waals surface area (Å²) in [5.74, 6) is -0.0466. The first-order valence-electron chi connectivity index (χ1n) is 8.57. The number of amides is 1. The first kappa shape index (κ1) is 16.6. The van der Waals surface area contributed by atoms with E-state index in [0.29, 0.717) is 12.2 Å². The number of carbonyl (C=O) groups excluding carboxylic acids is 1. The lowest BCUT2D eigenvalue weighted by atomic mass is 10.0. The topological polar surface area (TPSA) is 78.0 Å². The molecule has 1 N–H and O–H groups in total. The van der Waals surface area contributed by atoms with Gasteiger partial charge in [-0.3, -0.25) is 9.78 Å². The highest BCUT2D eigenvalue weighted by molar-refractivity contribution is 5.92. The number of piperidine rings is 1. The molecular formula is C17H24N6O. The number of nitrogens with one attached hydrogen (secondary N) is 1. The molecule has 0 spiro atoms. The fourth-order valence-corrected chi connectivity index (χ4v) is 3.23. The number of pyridine rings is 1. The second kappa shape index (κ2) is 8.01. The zero-order chi connectivity index (χ0) is 16.8. The molecule has 0 bridgehead atoms. The van der Waals surface area contributed by atoms with Crippen molar-refractivity contribution >= 4 is 5.91 Å². The maximum Gasteiger partial charge on any atom is 0.276 e. The number of rotatable bonds is 6. The van der Waals surface area contributed by atoms with Crippen LogP contribution in [-0.4, -0.2) is 68.3 Å². The van der Waals surface area contributed by atoms with Gasteiger partial charge < -0.3 is 9.80 Å². The van der Waals surface area contributed by atoms with Crippen LogP contribution in [0.1, 0.15) is 35.9 Å². The molecule has 1 fully saturated rings. The Morgan fingerprint density at radius 2 is 2.21 bits per heavy atom. The highest BCUT2D eigenvalue weighted by Crippen LogP contribution is 2.19. The number of H-pyrrole nitrogens is 1. The van der Waals surface area contributed by atoms with Gasteiger partial charge in [0.25, 0.3) is 5.91 Å². The van der Waals surface area contributed by atoms with E-state index in [-0.39, 0.29) is 11.9 Å². The molecule has 1 aliphatic heterocycles. The van der Waals surface area contributed by atoms with Crippen LogP contribution in [0.25, 0.3) is 0 Å². The number of hydrogen-bond acceptors (Lipinski definition) is 5. The molecule has 2 aromatic heterocycles. The molecule has 3 heterocycles. The molecule has 24 heavy (non-hydrogen) atoms. The third kappa shape index (κ3) is 3.97. The van der Waals surface area contributed by atoms with E-state index in [2.05, 4.69) is 32.2 Å². The van der Waals surface area contributed by atoms with Crippen molar-refractivity contribution in [1.82, 2.24) is 30.2 Å². The Balaban J connectivity index is 1.70. The van der Waals surface area contributed by atoms with Crippen LogP contribution in [-0.2, 0) is 6.42 Å². The smallest absolute Gasteiger partial charge is 0.276 e. The lowest BCUT2D eigenvalue weighted by Gasteiger charge is -2.38. The quantitative estimate of drug-likeness (QED) is 0.866. The molecule has 7 heteroatoms.